The van der Waals surface area contributed by atoms with Crippen molar-refractivity contribution in [2.24, 2.45) is 0 Å². The Labute approximate surface area is 84.5 Å². The number of rotatable bonds is 4. The van der Waals surface area contributed by atoms with Crippen LogP contribution >= 0.6 is 0 Å². The molecular weight excluding hydrogens is 180 g/mol. The maximum absolute atomic E-state index is 9.22. The first-order chi connectivity index (χ1) is 6.65. The highest BCUT2D eigenvalue weighted by Crippen LogP contribution is 2.25. The molecule has 0 aromatic carbocycles. The summed E-state index contributed by atoms with van der Waals surface area (Å²) < 4.78 is 7.06. The van der Waals surface area contributed by atoms with E-state index in [1.54, 1.807) is 7.11 Å². The summed E-state index contributed by atoms with van der Waals surface area (Å²) >= 11 is 0. The fraction of sp³-hybridized carbons (Fsp3) is 0.700. The minimum atomic E-state index is -0.0148. The minimum absolute atomic E-state index is 0.0148. The molecule has 0 fully saturated rings. The van der Waals surface area contributed by atoms with Crippen molar-refractivity contribution in [3.05, 3.63) is 11.3 Å². The molecule has 0 radical (unpaired) electrons. The number of aliphatic hydroxyl groups is 1. The van der Waals surface area contributed by atoms with E-state index in [9.17, 15) is 5.11 Å². The van der Waals surface area contributed by atoms with Gasteiger partial charge in [0.1, 0.15) is 0 Å². The zero-order valence-corrected chi connectivity index (χ0v) is 9.24. The van der Waals surface area contributed by atoms with Crippen LogP contribution in [0.4, 0.5) is 0 Å². The molecule has 0 bridgehead atoms. The van der Waals surface area contributed by atoms with Crippen molar-refractivity contribution in [1.29, 1.82) is 0 Å². The first-order valence-corrected chi connectivity index (χ1v) is 4.90. The fourth-order valence-corrected chi connectivity index (χ4v) is 1.51. The zero-order valence-electron chi connectivity index (χ0n) is 9.24. The van der Waals surface area contributed by atoms with Crippen molar-refractivity contribution in [2.75, 3.05) is 7.11 Å². The number of aromatic nitrogens is 2. The quantitative estimate of drug-likeness (QED) is 0.798. The molecule has 1 aromatic heterocycles. The molecule has 0 amide bonds. The highest BCUT2D eigenvalue weighted by Gasteiger charge is 2.17. The van der Waals surface area contributed by atoms with E-state index in [2.05, 4.69) is 5.10 Å². The number of aliphatic hydroxyl groups excluding tert-OH is 1. The second-order valence-corrected chi connectivity index (χ2v) is 3.48. The average Bonchev–Trinajstić information content (AvgIpc) is 2.54. The third-order valence-corrected chi connectivity index (χ3v) is 2.22. The molecule has 14 heavy (non-hydrogen) atoms. The van der Waals surface area contributed by atoms with Crippen LogP contribution in [0.3, 0.4) is 0 Å². The van der Waals surface area contributed by atoms with Crippen LogP contribution in [0.25, 0.3) is 0 Å². The van der Waals surface area contributed by atoms with E-state index in [0.29, 0.717) is 5.88 Å². The Hall–Kier alpha value is -1.03. The third kappa shape index (κ3) is 1.75. The van der Waals surface area contributed by atoms with Crippen molar-refractivity contribution >= 4 is 0 Å². The molecule has 1 rings (SSSR count). The van der Waals surface area contributed by atoms with Crippen LogP contribution < -0.4 is 4.74 Å². The monoisotopic (exact) mass is 198 g/mol. The second-order valence-electron chi connectivity index (χ2n) is 3.48. The third-order valence-electron chi connectivity index (χ3n) is 2.22. The lowest BCUT2D eigenvalue weighted by molar-refractivity contribution is 0.268. The van der Waals surface area contributed by atoms with Gasteiger partial charge in [-0.3, -0.25) is 0 Å². The van der Waals surface area contributed by atoms with Crippen LogP contribution in [0, 0.1) is 0 Å². The molecule has 4 nitrogen and oxygen atoms in total. The first-order valence-electron chi connectivity index (χ1n) is 4.90. The molecular formula is C10H18N2O2. The van der Waals surface area contributed by atoms with Gasteiger partial charge in [-0.1, -0.05) is 6.92 Å². The van der Waals surface area contributed by atoms with E-state index < -0.39 is 0 Å². The maximum Gasteiger partial charge on any atom is 0.217 e. The van der Waals surface area contributed by atoms with Crippen LogP contribution in [-0.4, -0.2) is 22.0 Å². The van der Waals surface area contributed by atoms with Gasteiger partial charge in [-0.05, 0) is 20.3 Å². The van der Waals surface area contributed by atoms with Crippen molar-refractivity contribution in [3.8, 4) is 5.88 Å². The van der Waals surface area contributed by atoms with Gasteiger partial charge >= 0.3 is 0 Å². The van der Waals surface area contributed by atoms with Gasteiger partial charge < -0.3 is 9.84 Å². The lowest BCUT2D eigenvalue weighted by atomic mass is 10.2. The summed E-state index contributed by atoms with van der Waals surface area (Å²) in [6.45, 7) is 6.08. The largest absolute Gasteiger partial charge is 0.481 e. The molecule has 1 heterocycles. The molecule has 0 aliphatic carbocycles. The van der Waals surface area contributed by atoms with Gasteiger partial charge in [0.05, 0.1) is 31.0 Å². The Bertz CT molecular complexity index is 305. The van der Waals surface area contributed by atoms with E-state index in [1.165, 1.54) is 0 Å². The van der Waals surface area contributed by atoms with Crippen molar-refractivity contribution in [1.82, 2.24) is 9.78 Å². The predicted molar refractivity (Wildman–Crippen MR) is 54.5 cm³/mol. The van der Waals surface area contributed by atoms with Crippen molar-refractivity contribution in [2.45, 2.75) is 39.8 Å². The normalized spacial score (nSPS) is 11.0. The second kappa shape index (κ2) is 4.46. The van der Waals surface area contributed by atoms with Crippen LogP contribution in [0.15, 0.2) is 0 Å². The predicted octanol–water partition coefficient (Wildman–Crippen LogP) is 1.53. The number of nitrogens with zero attached hydrogens (tertiary/aromatic N) is 2. The van der Waals surface area contributed by atoms with Gasteiger partial charge in [-0.2, -0.15) is 5.10 Å². The lowest BCUT2D eigenvalue weighted by Gasteiger charge is -2.09. The fourth-order valence-electron chi connectivity index (χ4n) is 1.51. The molecule has 0 atom stereocenters. The number of ether oxygens (including phenoxy) is 1. The lowest BCUT2D eigenvalue weighted by Crippen LogP contribution is -2.05. The molecule has 0 aliphatic heterocycles. The molecule has 0 unspecified atom stereocenters. The summed E-state index contributed by atoms with van der Waals surface area (Å²) in [7, 11) is 1.61. The highest BCUT2D eigenvalue weighted by atomic mass is 16.5. The van der Waals surface area contributed by atoms with Gasteiger partial charge in [0.25, 0.3) is 0 Å². The standard InChI is InChI=1S/C10H18N2O2/c1-5-9-8(6-13)10(14-4)12(11-9)7(2)3/h7,13H,5-6H2,1-4H3. The van der Waals surface area contributed by atoms with E-state index in [1.807, 2.05) is 25.5 Å². The Morgan fingerprint density at radius 2 is 2.14 bits per heavy atom. The summed E-state index contributed by atoms with van der Waals surface area (Å²) in [5.74, 6) is 0.680. The molecule has 1 N–H and O–H groups in total. The Morgan fingerprint density at radius 1 is 1.50 bits per heavy atom. The SMILES string of the molecule is CCc1nn(C(C)C)c(OC)c1CO. The summed E-state index contributed by atoms with van der Waals surface area (Å²) in [5.41, 5.74) is 1.72. The molecule has 1 aromatic rings. The van der Waals surface area contributed by atoms with E-state index in [-0.39, 0.29) is 12.6 Å². The summed E-state index contributed by atoms with van der Waals surface area (Å²) in [5, 5.41) is 13.6. The van der Waals surface area contributed by atoms with Gasteiger partial charge in [0.15, 0.2) is 0 Å². The number of methoxy groups -OCH3 is 1. The summed E-state index contributed by atoms with van der Waals surface area (Å²) in [6, 6.07) is 0.246. The van der Waals surface area contributed by atoms with Crippen LogP contribution in [0.2, 0.25) is 0 Å². The van der Waals surface area contributed by atoms with Crippen LogP contribution in [0.1, 0.15) is 38.1 Å². The Balaban J connectivity index is 3.24. The molecule has 0 saturated heterocycles. The van der Waals surface area contributed by atoms with Crippen molar-refractivity contribution < 1.29 is 9.84 Å². The summed E-state index contributed by atoms with van der Waals surface area (Å²) in [4.78, 5) is 0. The van der Waals surface area contributed by atoms with Crippen LogP contribution in [-0.2, 0) is 13.0 Å². The topological polar surface area (TPSA) is 47.3 Å². The smallest absolute Gasteiger partial charge is 0.217 e. The van der Waals surface area contributed by atoms with E-state index >= 15 is 0 Å². The zero-order chi connectivity index (χ0) is 10.7. The Kier molecular flexibility index (Phi) is 3.52. The molecule has 0 aliphatic rings. The summed E-state index contributed by atoms with van der Waals surface area (Å²) in [6.07, 6.45) is 0.811. The van der Waals surface area contributed by atoms with Gasteiger partial charge in [-0.15, -0.1) is 0 Å². The van der Waals surface area contributed by atoms with E-state index in [4.69, 9.17) is 4.74 Å². The number of hydrogen-bond acceptors (Lipinski definition) is 3. The first kappa shape index (κ1) is 11.0. The molecule has 0 spiro atoms. The van der Waals surface area contributed by atoms with Gasteiger partial charge in [-0.25, -0.2) is 4.68 Å². The van der Waals surface area contributed by atoms with Crippen LogP contribution in [0.5, 0.6) is 5.88 Å². The molecule has 0 saturated carbocycles. The number of hydrogen-bond donors (Lipinski definition) is 1. The van der Waals surface area contributed by atoms with Crippen molar-refractivity contribution in [3.63, 3.8) is 0 Å². The van der Waals surface area contributed by atoms with Gasteiger partial charge in [0.2, 0.25) is 5.88 Å². The maximum atomic E-state index is 9.22. The average molecular weight is 198 g/mol. The van der Waals surface area contributed by atoms with Gasteiger partial charge in [0, 0.05) is 0 Å². The molecule has 80 valence electrons. The number of aryl methyl sites for hydroxylation is 1. The van der Waals surface area contributed by atoms with E-state index in [0.717, 1.165) is 17.7 Å². The molecule has 4 heteroatoms. The Morgan fingerprint density at radius 3 is 2.50 bits per heavy atom. The minimum Gasteiger partial charge on any atom is -0.481 e. The highest BCUT2D eigenvalue weighted by molar-refractivity contribution is 5.31.